The van der Waals surface area contributed by atoms with Crippen LogP contribution in [0.25, 0.3) is 0 Å². The molecule has 0 spiro atoms. The van der Waals surface area contributed by atoms with Gasteiger partial charge in [0.1, 0.15) is 25.0 Å². The number of amides is 2. The van der Waals surface area contributed by atoms with Crippen molar-refractivity contribution >= 4 is 17.7 Å². The van der Waals surface area contributed by atoms with E-state index in [-0.39, 0.29) is 6.61 Å². The number of nitrogens with one attached hydrogen (secondary N) is 2. The smallest absolute Gasteiger partial charge is 0.408 e. The zero-order valence-corrected chi connectivity index (χ0v) is 21.5. The number of methoxy groups -OCH3 is 1. The van der Waals surface area contributed by atoms with Crippen LogP contribution in [0.3, 0.4) is 0 Å². The normalized spacial score (nSPS) is 11.2. The van der Waals surface area contributed by atoms with Crippen LogP contribution in [0.1, 0.15) is 28.3 Å². The van der Waals surface area contributed by atoms with Crippen molar-refractivity contribution in [3.8, 4) is 11.6 Å². The highest BCUT2D eigenvalue weighted by Gasteiger charge is 2.24. The zero-order chi connectivity index (χ0) is 27.5. The highest BCUT2D eigenvalue weighted by atomic mass is 16.5. The van der Waals surface area contributed by atoms with Gasteiger partial charge in [-0.1, -0.05) is 54.6 Å². The van der Waals surface area contributed by atoms with E-state index in [1.807, 2.05) is 42.5 Å². The van der Waals surface area contributed by atoms with E-state index in [9.17, 15) is 9.59 Å². The Hall–Kier alpha value is -4.89. The Morgan fingerprint density at radius 2 is 1.64 bits per heavy atom. The summed E-state index contributed by atoms with van der Waals surface area (Å²) in [6.07, 6.45) is 0.958. The highest BCUT2D eigenvalue weighted by molar-refractivity contribution is 5.97. The second kappa shape index (κ2) is 13.6. The average Bonchev–Trinajstić information content (AvgIpc) is 2.99. The Bertz CT molecular complexity index is 1360. The molecule has 1 atom stereocenters. The molecule has 1 aromatic heterocycles. The van der Waals surface area contributed by atoms with Crippen LogP contribution in [0, 0.1) is 0 Å². The lowest BCUT2D eigenvalue weighted by Gasteiger charge is -2.19. The molecule has 0 saturated heterocycles. The third-order valence-electron chi connectivity index (χ3n) is 5.79. The monoisotopic (exact) mass is 526 g/mol. The minimum atomic E-state index is -1.02. The summed E-state index contributed by atoms with van der Waals surface area (Å²) in [5, 5.41) is 5.53. The zero-order valence-electron chi connectivity index (χ0n) is 21.5. The number of nitrogens with zero attached hydrogens (tertiary/aromatic N) is 1. The Morgan fingerprint density at radius 1 is 0.872 bits per heavy atom. The molecule has 2 amide bonds. The Balaban J connectivity index is 1.45. The van der Waals surface area contributed by atoms with Crippen molar-refractivity contribution in [2.24, 2.45) is 5.73 Å². The first kappa shape index (κ1) is 27.2. The van der Waals surface area contributed by atoms with E-state index in [1.54, 1.807) is 61.8 Å². The summed E-state index contributed by atoms with van der Waals surface area (Å²) in [6, 6.07) is 26.0. The van der Waals surface area contributed by atoms with E-state index in [2.05, 4.69) is 15.6 Å². The predicted octanol–water partition coefficient (Wildman–Crippen LogP) is 4.73. The SMILES string of the molecule is COc1ccc(COc2ccc([C@H](NC(=O)OCc3ccccc3)C(=O)Nc3cccc(CN)c3)cc2)cn1. The molecule has 200 valence electrons. The molecule has 4 rings (SSSR count). The number of anilines is 1. The van der Waals surface area contributed by atoms with Crippen LogP contribution in [0.5, 0.6) is 11.6 Å². The molecule has 0 bridgehead atoms. The summed E-state index contributed by atoms with van der Waals surface area (Å²) in [7, 11) is 1.56. The topological polar surface area (TPSA) is 125 Å². The van der Waals surface area contributed by atoms with Gasteiger partial charge in [-0.05, 0) is 47.0 Å². The van der Waals surface area contributed by atoms with E-state index in [0.29, 0.717) is 36.0 Å². The number of alkyl carbamates (subject to hydrolysis) is 1. The summed E-state index contributed by atoms with van der Waals surface area (Å²) in [6.45, 7) is 0.722. The second-order valence-electron chi connectivity index (χ2n) is 8.60. The molecular formula is C30H30N4O5. The second-order valence-corrected chi connectivity index (χ2v) is 8.60. The number of hydrogen-bond donors (Lipinski definition) is 3. The lowest BCUT2D eigenvalue weighted by Crippen LogP contribution is -2.37. The van der Waals surface area contributed by atoms with Crippen molar-refractivity contribution in [2.75, 3.05) is 12.4 Å². The van der Waals surface area contributed by atoms with Crippen LogP contribution in [-0.4, -0.2) is 24.1 Å². The van der Waals surface area contributed by atoms with Gasteiger partial charge in [-0.25, -0.2) is 9.78 Å². The molecule has 0 unspecified atom stereocenters. The number of ether oxygens (including phenoxy) is 3. The van der Waals surface area contributed by atoms with Crippen LogP contribution in [0.2, 0.25) is 0 Å². The number of rotatable bonds is 11. The van der Waals surface area contributed by atoms with Crippen LogP contribution in [0.15, 0.2) is 97.2 Å². The molecule has 39 heavy (non-hydrogen) atoms. The van der Waals surface area contributed by atoms with Crippen molar-refractivity contribution in [2.45, 2.75) is 25.8 Å². The Morgan fingerprint density at radius 3 is 2.33 bits per heavy atom. The van der Waals surface area contributed by atoms with Crippen molar-refractivity contribution in [1.82, 2.24) is 10.3 Å². The standard InChI is InChI=1S/C30H30N4O5/c1-37-27-15-10-23(18-32-27)20-38-26-13-11-24(12-14-26)28(29(35)33-25-9-5-8-22(16-25)17-31)34-30(36)39-19-21-6-3-2-4-7-21/h2-16,18,28H,17,19-20,31H2,1H3,(H,33,35)(H,34,36)/t28-/m0/s1. The Kier molecular flexibility index (Phi) is 9.47. The van der Waals surface area contributed by atoms with Crippen molar-refractivity contribution in [1.29, 1.82) is 0 Å². The third-order valence-corrected chi connectivity index (χ3v) is 5.79. The maximum absolute atomic E-state index is 13.3. The molecule has 4 aromatic rings. The quantitative estimate of drug-likeness (QED) is 0.258. The molecule has 3 aromatic carbocycles. The van der Waals surface area contributed by atoms with Gasteiger partial charge in [0.05, 0.1) is 7.11 Å². The largest absolute Gasteiger partial charge is 0.489 e. The minimum absolute atomic E-state index is 0.0759. The van der Waals surface area contributed by atoms with Gasteiger partial charge in [0, 0.05) is 30.1 Å². The maximum atomic E-state index is 13.3. The number of aromatic nitrogens is 1. The van der Waals surface area contributed by atoms with Crippen LogP contribution >= 0.6 is 0 Å². The van der Waals surface area contributed by atoms with Crippen LogP contribution in [-0.2, 0) is 29.3 Å². The first-order valence-electron chi connectivity index (χ1n) is 12.3. The molecule has 9 heteroatoms. The molecule has 0 radical (unpaired) electrons. The lowest BCUT2D eigenvalue weighted by molar-refractivity contribution is -0.118. The fraction of sp³-hybridized carbons (Fsp3) is 0.167. The van der Waals surface area contributed by atoms with E-state index in [1.165, 1.54) is 0 Å². The fourth-order valence-corrected chi connectivity index (χ4v) is 3.71. The first-order valence-corrected chi connectivity index (χ1v) is 12.3. The van der Waals surface area contributed by atoms with Gasteiger partial charge in [-0.15, -0.1) is 0 Å². The van der Waals surface area contributed by atoms with Crippen LogP contribution < -0.4 is 25.8 Å². The van der Waals surface area contributed by atoms with E-state index < -0.39 is 18.0 Å². The lowest BCUT2D eigenvalue weighted by atomic mass is 10.1. The average molecular weight is 527 g/mol. The van der Waals surface area contributed by atoms with Gasteiger partial charge in [0.2, 0.25) is 5.88 Å². The van der Waals surface area contributed by atoms with Gasteiger partial charge in [-0.3, -0.25) is 4.79 Å². The number of nitrogens with two attached hydrogens (primary N) is 1. The highest BCUT2D eigenvalue weighted by Crippen LogP contribution is 2.22. The summed E-state index contributed by atoms with van der Waals surface area (Å²) in [5.74, 6) is 0.687. The van der Waals surface area contributed by atoms with Crippen molar-refractivity contribution in [3.05, 3.63) is 119 Å². The summed E-state index contributed by atoms with van der Waals surface area (Å²) >= 11 is 0. The van der Waals surface area contributed by atoms with Gasteiger partial charge >= 0.3 is 6.09 Å². The number of pyridine rings is 1. The number of carbonyl (C=O) groups excluding carboxylic acids is 2. The molecule has 1 heterocycles. The number of carbonyl (C=O) groups is 2. The van der Waals surface area contributed by atoms with E-state index in [4.69, 9.17) is 19.9 Å². The molecule has 0 aliphatic rings. The van der Waals surface area contributed by atoms with E-state index in [0.717, 1.165) is 16.7 Å². The number of hydrogen-bond acceptors (Lipinski definition) is 7. The fourth-order valence-electron chi connectivity index (χ4n) is 3.71. The van der Waals surface area contributed by atoms with Gasteiger partial charge in [0.15, 0.2) is 0 Å². The number of benzene rings is 3. The van der Waals surface area contributed by atoms with Crippen molar-refractivity contribution < 1.29 is 23.8 Å². The molecule has 0 saturated carbocycles. The van der Waals surface area contributed by atoms with Gasteiger partial charge < -0.3 is 30.6 Å². The van der Waals surface area contributed by atoms with Crippen molar-refractivity contribution in [3.63, 3.8) is 0 Å². The summed E-state index contributed by atoms with van der Waals surface area (Å²) in [5.41, 5.74) is 9.43. The molecule has 0 fully saturated rings. The van der Waals surface area contributed by atoms with Crippen LogP contribution in [0.4, 0.5) is 10.5 Å². The molecular weight excluding hydrogens is 496 g/mol. The Labute approximate surface area is 226 Å². The first-order chi connectivity index (χ1) is 19.0. The molecule has 9 nitrogen and oxygen atoms in total. The van der Waals surface area contributed by atoms with Gasteiger partial charge in [-0.2, -0.15) is 0 Å². The summed E-state index contributed by atoms with van der Waals surface area (Å²) < 4.78 is 16.3. The predicted molar refractivity (Wildman–Crippen MR) is 147 cm³/mol. The maximum Gasteiger partial charge on any atom is 0.408 e. The molecule has 0 aliphatic carbocycles. The summed E-state index contributed by atoms with van der Waals surface area (Å²) in [4.78, 5) is 30.1. The molecule has 4 N–H and O–H groups in total. The van der Waals surface area contributed by atoms with Gasteiger partial charge in [0.25, 0.3) is 5.91 Å². The minimum Gasteiger partial charge on any atom is -0.489 e. The van der Waals surface area contributed by atoms with E-state index >= 15 is 0 Å². The third kappa shape index (κ3) is 8.05. The molecule has 0 aliphatic heterocycles.